The molecule has 5 heteroatoms. The zero-order valence-corrected chi connectivity index (χ0v) is 11.9. The van der Waals surface area contributed by atoms with Crippen LogP contribution in [0.2, 0.25) is 5.02 Å². The smallest absolute Gasteiger partial charge is 0.143 e. The summed E-state index contributed by atoms with van der Waals surface area (Å²) in [5.41, 5.74) is 3.09. The van der Waals surface area contributed by atoms with E-state index in [2.05, 4.69) is 21.0 Å². The van der Waals surface area contributed by atoms with E-state index in [0.29, 0.717) is 5.92 Å². The number of benzene rings is 1. The summed E-state index contributed by atoms with van der Waals surface area (Å²) in [6, 6.07) is 4.79. The minimum absolute atomic E-state index is 0.139. The van der Waals surface area contributed by atoms with Crippen LogP contribution in [0.25, 0.3) is 5.69 Å². The fraction of sp³-hybridized carbons (Fsp3) is 0.308. The Hall–Kier alpha value is -0.870. The summed E-state index contributed by atoms with van der Waals surface area (Å²) in [7, 11) is 0. The molecule has 0 unspecified atom stereocenters. The van der Waals surface area contributed by atoms with Crippen LogP contribution >= 0.6 is 27.5 Å². The van der Waals surface area contributed by atoms with Crippen molar-refractivity contribution in [3.63, 3.8) is 0 Å². The number of hydrogen-bond acceptors (Lipinski definition) is 1. The first-order valence-corrected chi connectivity index (χ1v) is 7.29. The van der Waals surface area contributed by atoms with Gasteiger partial charge in [0, 0.05) is 22.9 Å². The maximum absolute atomic E-state index is 13.5. The van der Waals surface area contributed by atoms with E-state index in [1.165, 1.54) is 30.2 Å². The number of aromatic nitrogens is 2. The van der Waals surface area contributed by atoms with Crippen molar-refractivity contribution in [3.05, 3.63) is 46.5 Å². The van der Waals surface area contributed by atoms with Gasteiger partial charge < -0.3 is 0 Å². The highest BCUT2D eigenvalue weighted by Gasteiger charge is 2.30. The zero-order valence-electron chi connectivity index (χ0n) is 9.54. The second-order valence-corrected chi connectivity index (χ2v) is 5.44. The third-order valence-corrected chi connectivity index (χ3v) is 4.05. The van der Waals surface area contributed by atoms with Crippen LogP contribution in [0, 0.1) is 5.82 Å². The summed E-state index contributed by atoms with van der Waals surface area (Å²) in [5, 5.41) is 5.28. The first-order chi connectivity index (χ1) is 8.70. The van der Waals surface area contributed by atoms with Gasteiger partial charge in [-0.05, 0) is 25.0 Å². The molecule has 1 aliphatic carbocycles. The molecule has 1 heterocycles. The van der Waals surface area contributed by atoms with E-state index in [1.54, 1.807) is 12.1 Å². The molecule has 2 aromatic rings. The predicted octanol–water partition coefficient (Wildman–Crippen LogP) is 4.44. The topological polar surface area (TPSA) is 17.8 Å². The molecule has 3 rings (SSSR count). The van der Waals surface area contributed by atoms with Gasteiger partial charge in [0.05, 0.1) is 22.6 Å². The van der Waals surface area contributed by atoms with Crippen LogP contribution in [0.1, 0.15) is 30.0 Å². The van der Waals surface area contributed by atoms with Gasteiger partial charge in [0.25, 0.3) is 0 Å². The van der Waals surface area contributed by atoms with Gasteiger partial charge in [-0.25, -0.2) is 9.07 Å². The lowest BCUT2D eigenvalue weighted by Crippen LogP contribution is -2.02. The third-order valence-electron chi connectivity index (χ3n) is 3.14. The number of hydrogen-bond donors (Lipinski definition) is 0. The molecule has 18 heavy (non-hydrogen) atoms. The average Bonchev–Trinajstić information content (AvgIpc) is 3.12. The molecular weight excluding hydrogens is 319 g/mol. The van der Waals surface area contributed by atoms with Crippen molar-refractivity contribution in [1.29, 1.82) is 0 Å². The molecule has 0 amide bonds. The quantitative estimate of drug-likeness (QED) is 0.761. The van der Waals surface area contributed by atoms with Crippen molar-refractivity contribution < 1.29 is 4.39 Å². The molecule has 0 bridgehead atoms. The molecule has 0 N–H and O–H groups in total. The highest BCUT2D eigenvalue weighted by molar-refractivity contribution is 9.08. The molecule has 0 atom stereocenters. The van der Waals surface area contributed by atoms with E-state index in [1.807, 2.05) is 10.9 Å². The van der Waals surface area contributed by atoms with Gasteiger partial charge in [-0.1, -0.05) is 27.5 Å². The number of rotatable bonds is 3. The van der Waals surface area contributed by atoms with Crippen molar-refractivity contribution in [2.75, 3.05) is 0 Å². The molecule has 0 aliphatic heterocycles. The molecular formula is C13H11BrClFN2. The Morgan fingerprint density at radius 3 is 2.83 bits per heavy atom. The summed E-state index contributed by atoms with van der Waals surface area (Å²) in [6.45, 7) is 0. The summed E-state index contributed by atoms with van der Waals surface area (Å²) < 4.78 is 15.3. The second-order valence-electron chi connectivity index (χ2n) is 4.47. The van der Waals surface area contributed by atoms with Crippen LogP contribution < -0.4 is 0 Å². The third kappa shape index (κ3) is 2.08. The molecule has 1 fully saturated rings. The van der Waals surface area contributed by atoms with E-state index in [4.69, 9.17) is 11.6 Å². The van der Waals surface area contributed by atoms with Crippen molar-refractivity contribution in [2.24, 2.45) is 0 Å². The molecule has 1 aliphatic rings. The van der Waals surface area contributed by atoms with Crippen LogP contribution in [-0.2, 0) is 5.33 Å². The van der Waals surface area contributed by atoms with Gasteiger partial charge in [-0.2, -0.15) is 5.10 Å². The van der Waals surface area contributed by atoms with Crippen molar-refractivity contribution in [2.45, 2.75) is 24.1 Å². The predicted molar refractivity (Wildman–Crippen MR) is 73.1 cm³/mol. The lowest BCUT2D eigenvalue weighted by Gasteiger charge is -2.08. The van der Waals surface area contributed by atoms with Gasteiger partial charge in [-0.3, -0.25) is 0 Å². The van der Waals surface area contributed by atoms with E-state index < -0.39 is 5.82 Å². The van der Waals surface area contributed by atoms with Gasteiger partial charge in [0.1, 0.15) is 5.82 Å². The fourth-order valence-corrected chi connectivity index (χ4v) is 2.66. The maximum atomic E-state index is 13.5. The Morgan fingerprint density at radius 1 is 1.44 bits per heavy atom. The number of nitrogens with zero attached hydrogens (tertiary/aromatic N) is 2. The normalized spacial score (nSPS) is 15.1. The van der Waals surface area contributed by atoms with Gasteiger partial charge in [-0.15, -0.1) is 0 Å². The maximum Gasteiger partial charge on any atom is 0.143 e. The van der Waals surface area contributed by atoms with Gasteiger partial charge in [0.15, 0.2) is 0 Å². The van der Waals surface area contributed by atoms with Gasteiger partial charge in [0.2, 0.25) is 0 Å². The molecule has 2 nitrogen and oxygen atoms in total. The minimum Gasteiger partial charge on any atom is -0.237 e. The number of halogens is 3. The highest BCUT2D eigenvalue weighted by atomic mass is 79.9. The van der Waals surface area contributed by atoms with Crippen LogP contribution in [-0.4, -0.2) is 9.78 Å². The highest BCUT2D eigenvalue weighted by Crippen LogP contribution is 2.43. The molecule has 0 saturated heterocycles. The summed E-state index contributed by atoms with van der Waals surface area (Å²) >= 11 is 9.17. The number of alkyl halides is 1. The van der Waals surface area contributed by atoms with E-state index in [-0.39, 0.29) is 5.02 Å². The Bertz CT molecular complexity index is 593. The van der Waals surface area contributed by atoms with Crippen molar-refractivity contribution >= 4 is 27.5 Å². The fourth-order valence-electron chi connectivity index (χ4n) is 2.11. The van der Waals surface area contributed by atoms with Gasteiger partial charge >= 0.3 is 0 Å². The summed E-state index contributed by atoms with van der Waals surface area (Å²) in [6.07, 6.45) is 4.21. The Morgan fingerprint density at radius 2 is 2.22 bits per heavy atom. The standard InChI is InChI=1S/C13H11BrClFN2/c14-6-9-7-17-18(13(9)8-1-2-8)10-3-4-11(15)12(16)5-10/h3-5,7-8H,1-2,6H2. The first-order valence-electron chi connectivity index (χ1n) is 5.79. The van der Waals surface area contributed by atoms with Crippen LogP contribution in [0.5, 0.6) is 0 Å². The molecule has 0 spiro atoms. The largest absolute Gasteiger partial charge is 0.237 e. The minimum atomic E-state index is -0.410. The SMILES string of the molecule is Fc1cc(-n2ncc(CBr)c2C2CC2)ccc1Cl. The summed E-state index contributed by atoms with van der Waals surface area (Å²) in [4.78, 5) is 0. The van der Waals surface area contributed by atoms with Crippen LogP contribution in [0.4, 0.5) is 4.39 Å². The van der Waals surface area contributed by atoms with Crippen LogP contribution in [0.15, 0.2) is 24.4 Å². The molecule has 0 radical (unpaired) electrons. The first kappa shape index (κ1) is 12.2. The van der Waals surface area contributed by atoms with Crippen LogP contribution in [0.3, 0.4) is 0 Å². The Kier molecular flexibility index (Phi) is 3.16. The molecule has 1 saturated carbocycles. The monoisotopic (exact) mass is 328 g/mol. The molecule has 1 aromatic heterocycles. The zero-order chi connectivity index (χ0) is 12.7. The second kappa shape index (κ2) is 4.67. The van der Waals surface area contributed by atoms with E-state index in [9.17, 15) is 4.39 Å². The Balaban J connectivity index is 2.10. The van der Waals surface area contributed by atoms with Crippen molar-refractivity contribution in [3.8, 4) is 5.69 Å². The Labute approximate surface area is 118 Å². The average molecular weight is 330 g/mol. The molecule has 94 valence electrons. The van der Waals surface area contributed by atoms with Crippen molar-refractivity contribution in [1.82, 2.24) is 9.78 Å². The van der Waals surface area contributed by atoms with E-state index in [0.717, 1.165) is 11.0 Å². The summed E-state index contributed by atoms with van der Waals surface area (Å²) in [5.74, 6) is 0.144. The lowest BCUT2D eigenvalue weighted by atomic mass is 10.2. The molecule has 1 aromatic carbocycles. The lowest BCUT2D eigenvalue weighted by molar-refractivity contribution is 0.625. The van der Waals surface area contributed by atoms with E-state index >= 15 is 0 Å².